The highest BCUT2D eigenvalue weighted by Gasteiger charge is 2.71. The van der Waals surface area contributed by atoms with Gasteiger partial charge in [-0.3, -0.25) is 34.3 Å². The number of imide groups is 2. The molecule has 2 aliphatic heterocycles. The summed E-state index contributed by atoms with van der Waals surface area (Å²) in [5, 5.41) is 13.9. The predicted octanol–water partition coefficient (Wildman–Crippen LogP) is 8.66. The molecular formula is C44H31Cl2F3N4O6. The molecule has 1 saturated carbocycles. The van der Waals surface area contributed by atoms with Crippen LogP contribution in [0.25, 0.3) is 10.8 Å². The second kappa shape index (κ2) is 13.8. The number of amides is 4. The normalized spacial score (nSPS) is 25.2. The summed E-state index contributed by atoms with van der Waals surface area (Å²) in [5.74, 6) is -8.29. The number of nitrogens with one attached hydrogen (secondary N) is 1. The molecule has 4 aromatic carbocycles. The Balaban J connectivity index is 1.24. The number of halogens is 5. The number of anilines is 2. The Labute approximate surface area is 344 Å². The van der Waals surface area contributed by atoms with Gasteiger partial charge in [0.2, 0.25) is 11.8 Å². The Morgan fingerprint density at radius 1 is 0.898 bits per heavy atom. The Morgan fingerprint density at radius 3 is 2.29 bits per heavy atom. The molecular weight excluding hydrogens is 808 g/mol. The van der Waals surface area contributed by atoms with E-state index in [4.69, 9.17) is 23.2 Å². The van der Waals surface area contributed by atoms with Gasteiger partial charge in [0.25, 0.3) is 11.8 Å². The zero-order valence-electron chi connectivity index (χ0n) is 30.8. The van der Waals surface area contributed by atoms with Gasteiger partial charge < -0.3 is 5.11 Å². The van der Waals surface area contributed by atoms with E-state index in [9.17, 15) is 37.5 Å². The molecule has 10 nitrogen and oxygen atoms in total. The SMILES string of the molecule is CC(=O)c1ccc(N2C(=O)C3CC=C4C(CC5C(=O)N(Nc6ncc(C(F)(F)F)cc6Cl)C(=O)C5(c5ccc(Cl)cc5)C4c4ccc5ccccc5c4O)C3C2=O)cc1. The fraction of sp³-hybridized carbons (Fsp3) is 0.227. The standard InChI is InChI=1S/C44H31Cl2F3N4O6/c1-21(54)22-6-13-27(14-7-22)52-39(56)30-17-16-29-32(35(30)41(52)58)19-33-40(57)53(51-38-34(46)18-25(20-50-38)44(47,48)49)42(59)43(33,24-9-11-26(45)12-10-24)36(29)31-15-8-23-4-2-3-5-28(23)37(31)55/h2-16,18,20,30,32-33,35-36,55H,17,19H2,1H3,(H,50,51). The van der Waals surface area contributed by atoms with E-state index in [0.29, 0.717) is 49.8 Å². The lowest BCUT2D eigenvalue weighted by Crippen LogP contribution is -2.53. The third-order valence-electron chi connectivity index (χ3n) is 12.3. The summed E-state index contributed by atoms with van der Waals surface area (Å²) in [5.41, 5.74) is 1.49. The van der Waals surface area contributed by atoms with Gasteiger partial charge in [-0.05, 0) is 79.1 Å². The van der Waals surface area contributed by atoms with E-state index in [-0.39, 0.29) is 35.6 Å². The highest BCUT2D eigenvalue weighted by molar-refractivity contribution is 6.33. The second-order valence-corrected chi connectivity index (χ2v) is 16.1. The molecule has 0 bridgehead atoms. The number of aromatic hydroxyl groups is 1. The molecule has 0 radical (unpaired) electrons. The van der Waals surface area contributed by atoms with Crippen molar-refractivity contribution in [1.29, 1.82) is 0 Å². The van der Waals surface area contributed by atoms with Crippen LogP contribution in [-0.2, 0) is 30.8 Å². The van der Waals surface area contributed by atoms with E-state index in [2.05, 4.69) is 10.4 Å². The molecule has 6 unspecified atom stereocenters. The average Bonchev–Trinajstić information content (AvgIpc) is 3.59. The average molecular weight is 840 g/mol. The van der Waals surface area contributed by atoms with E-state index in [0.717, 1.165) is 4.90 Å². The fourth-order valence-corrected chi connectivity index (χ4v) is 10.1. The number of alkyl halides is 3. The maximum Gasteiger partial charge on any atom is 0.417 e. The van der Waals surface area contributed by atoms with Gasteiger partial charge >= 0.3 is 6.18 Å². The Hall–Kier alpha value is -6.05. The van der Waals surface area contributed by atoms with E-state index < -0.39 is 81.2 Å². The van der Waals surface area contributed by atoms with Gasteiger partial charge in [-0.2, -0.15) is 18.2 Å². The monoisotopic (exact) mass is 838 g/mol. The van der Waals surface area contributed by atoms with Gasteiger partial charge in [0, 0.05) is 33.7 Å². The summed E-state index contributed by atoms with van der Waals surface area (Å²) in [6.45, 7) is 1.40. The highest BCUT2D eigenvalue weighted by atomic mass is 35.5. The molecule has 15 heteroatoms. The van der Waals surface area contributed by atoms with E-state index in [1.54, 1.807) is 54.6 Å². The largest absolute Gasteiger partial charge is 0.507 e. The molecule has 4 aliphatic rings. The summed E-state index contributed by atoms with van der Waals surface area (Å²) in [6, 6.07) is 23.6. The van der Waals surface area contributed by atoms with Gasteiger partial charge in [0.1, 0.15) is 5.75 Å². The first-order valence-corrected chi connectivity index (χ1v) is 19.4. The first-order chi connectivity index (χ1) is 28.1. The molecule has 2 aliphatic carbocycles. The number of hydrogen-bond donors (Lipinski definition) is 2. The molecule has 2 N–H and O–H groups in total. The van der Waals surface area contributed by atoms with Gasteiger partial charge in [-0.15, -0.1) is 0 Å². The topological polar surface area (TPSA) is 137 Å². The number of Topliss-reactive ketones (excluding diaryl/α,β-unsaturated/α-hetero) is 1. The maximum absolute atomic E-state index is 15.5. The molecule has 2 saturated heterocycles. The number of ketones is 1. The number of allylic oxidation sites excluding steroid dienone is 2. The van der Waals surface area contributed by atoms with Crippen LogP contribution in [-0.4, -0.2) is 44.5 Å². The molecule has 6 atom stereocenters. The van der Waals surface area contributed by atoms with E-state index in [1.165, 1.54) is 31.2 Å². The minimum Gasteiger partial charge on any atom is -0.507 e. The summed E-state index contributed by atoms with van der Waals surface area (Å²) in [4.78, 5) is 76.2. The summed E-state index contributed by atoms with van der Waals surface area (Å²) in [7, 11) is 0. The van der Waals surface area contributed by atoms with Gasteiger partial charge in [-0.25, -0.2) is 4.98 Å². The van der Waals surface area contributed by atoms with Gasteiger partial charge in [0.15, 0.2) is 11.6 Å². The number of aromatic nitrogens is 1. The second-order valence-electron chi connectivity index (χ2n) is 15.3. The molecule has 9 rings (SSSR count). The number of rotatable bonds is 6. The minimum atomic E-state index is -4.77. The Kier molecular flexibility index (Phi) is 8.98. The Bertz CT molecular complexity index is 2690. The van der Waals surface area contributed by atoms with Crippen LogP contribution in [0.5, 0.6) is 5.75 Å². The van der Waals surface area contributed by atoms with Crippen LogP contribution in [0.4, 0.5) is 24.7 Å². The molecule has 3 heterocycles. The van der Waals surface area contributed by atoms with Crippen LogP contribution in [0.2, 0.25) is 10.0 Å². The van der Waals surface area contributed by atoms with Crippen molar-refractivity contribution in [3.63, 3.8) is 0 Å². The third-order valence-corrected chi connectivity index (χ3v) is 12.9. The number of phenolic OH excluding ortho intramolecular Hbond substituents is 1. The van der Waals surface area contributed by atoms with Crippen molar-refractivity contribution < 1.29 is 42.3 Å². The van der Waals surface area contributed by atoms with Crippen LogP contribution in [0, 0.1) is 23.7 Å². The molecule has 1 aromatic heterocycles. The number of fused-ring (bicyclic) bond motifs is 5. The van der Waals surface area contributed by atoms with Crippen LogP contribution in [0.1, 0.15) is 52.7 Å². The zero-order chi connectivity index (χ0) is 41.7. The number of carbonyl (C=O) groups is 5. The van der Waals surface area contributed by atoms with E-state index >= 15 is 4.79 Å². The van der Waals surface area contributed by atoms with Crippen LogP contribution < -0.4 is 10.3 Å². The van der Waals surface area contributed by atoms with Crippen molar-refractivity contribution in [1.82, 2.24) is 9.99 Å². The van der Waals surface area contributed by atoms with E-state index in [1.807, 2.05) is 12.1 Å². The summed E-state index contributed by atoms with van der Waals surface area (Å²) in [6.07, 6.45) is -2.42. The number of nitrogens with zero attached hydrogens (tertiary/aromatic N) is 3. The number of phenols is 1. The lowest BCUT2D eigenvalue weighted by Gasteiger charge is -2.50. The number of benzene rings is 4. The molecule has 5 aromatic rings. The molecule has 298 valence electrons. The van der Waals surface area contributed by atoms with Crippen LogP contribution >= 0.6 is 23.2 Å². The smallest absolute Gasteiger partial charge is 0.417 e. The number of hydrogen-bond acceptors (Lipinski definition) is 8. The van der Waals surface area contributed by atoms with Crippen molar-refractivity contribution in [2.75, 3.05) is 10.3 Å². The van der Waals surface area contributed by atoms with Crippen molar-refractivity contribution in [3.8, 4) is 5.75 Å². The molecule has 3 fully saturated rings. The van der Waals surface area contributed by atoms with Crippen molar-refractivity contribution >= 4 is 74.9 Å². The van der Waals surface area contributed by atoms with Crippen molar-refractivity contribution in [3.05, 3.63) is 141 Å². The van der Waals surface area contributed by atoms with Crippen LogP contribution in [0.15, 0.2) is 109 Å². The first kappa shape index (κ1) is 38.5. The van der Waals surface area contributed by atoms with Gasteiger partial charge in [0.05, 0.1) is 39.4 Å². The first-order valence-electron chi connectivity index (χ1n) is 18.7. The Morgan fingerprint density at radius 2 is 1.61 bits per heavy atom. The lowest BCUT2D eigenvalue weighted by atomic mass is 9.49. The number of hydrazine groups is 1. The van der Waals surface area contributed by atoms with Crippen LogP contribution in [0.3, 0.4) is 0 Å². The molecule has 59 heavy (non-hydrogen) atoms. The quantitative estimate of drug-likeness (QED) is 0.0986. The highest BCUT2D eigenvalue weighted by Crippen LogP contribution is 2.65. The van der Waals surface area contributed by atoms with Gasteiger partial charge in [-0.1, -0.05) is 83.4 Å². The molecule has 4 amide bonds. The fourth-order valence-electron chi connectivity index (χ4n) is 9.73. The summed E-state index contributed by atoms with van der Waals surface area (Å²) < 4.78 is 40.7. The zero-order valence-corrected chi connectivity index (χ0v) is 32.3. The van der Waals surface area contributed by atoms with Crippen molar-refractivity contribution in [2.45, 2.75) is 37.3 Å². The van der Waals surface area contributed by atoms with Crippen molar-refractivity contribution in [2.24, 2.45) is 23.7 Å². The minimum absolute atomic E-state index is 0.102. The number of pyridine rings is 1. The molecule has 0 spiro atoms. The predicted molar refractivity (Wildman–Crippen MR) is 211 cm³/mol. The third kappa shape index (κ3) is 5.76. The lowest BCUT2D eigenvalue weighted by molar-refractivity contribution is -0.139. The maximum atomic E-state index is 15.5. The number of carbonyl (C=O) groups excluding carboxylic acids is 5. The summed E-state index contributed by atoms with van der Waals surface area (Å²) >= 11 is 12.7.